The number of aromatic nitrogens is 2. The Morgan fingerprint density at radius 2 is 2.00 bits per heavy atom. The SMILES string of the molecule is CCN1C(=O)O[C@@H]2COCC[C@@H]2c2cc(-c3cc(NC(=O)c4ccnc(C(F)(F)F)c4)ccc3C)cnc21. The molecule has 0 aliphatic carbocycles. The summed E-state index contributed by atoms with van der Waals surface area (Å²) in [4.78, 5) is 34.9. The lowest BCUT2D eigenvalue weighted by Crippen LogP contribution is -2.36. The van der Waals surface area contributed by atoms with Crippen molar-refractivity contribution in [3.63, 3.8) is 0 Å². The van der Waals surface area contributed by atoms with Gasteiger partial charge in [0.15, 0.2) is 0 Å². The smallest absolute Gasteiger partial charge is 0.433 e. The van der Waals surface area contributed by atoms with Crippen molar-refractivity contribution in [2.75, 3.05) is 30.0 Å². The molecule has 11 heteroatoms. The maximum atomic E-state index is 13.0. The van der Waals surface area contributed by atoms with Gasteiger partial charge in [-0.3, -0.25) is 14.7 Å². The van der Waals surface area contributed by atoms with E-state index in [4.69, 9.17) is 9.47 Å². The Labute approximate surface area is 216 Å². The predicted octanol–water partition coefficient (Wildman–Crippen LogP) is 5.57. The van der Waals surface area contributed by atoms with Crippen LogP contribution in [0, 0.1) is 6.92 Å². The zero-order valence-electron chi connectivity index (χ0n) is 20.7. The molecular formula is C27H25F3N4O4. The first-order valence-corrected chi connectivity index (χ1v) is 12.2. The van der Waals surface area contributed by atoms with Crippen LogP contribution < -0.4 is 10.2 Å². The van der Waals surface area contributed by atoms with Crippen molar-refractivity contribution in [2.45, 2.75) is 38.5 Å². The minimum atomic E-state index is -4.65. The number of rotatable bonds is 4. The van der Waals surface area contributed by atoms with E-state index in [-0.39, 0.29) is 11.5 Å². The molecular weight excluding hydrogens is 501 g/mol. The number of amides is 2. The van der Waals surface area contributed by atoms with Gasteiger partial charge in [-0.15, -0.1) is 0 Å². The monoisotopic (exact) mass is 526 g/mol. The number of fused-ring (bicyclic) bond motifs is 3. The molecule has 2 aliphatic heterocycles. The van der Waals surface area contributed by atoms with E-state index >= 15 is 0 Å². The molecule has 2 amide bonds. The van der Waals surface area contributed by atoms with Crippen LogP contribution in [0.1, 0.15) is 46.4 Å². The van der Waals surface area contributed by atoms with E-state index in [0.717, 1.165) is 28.5 Å². The highest BCUT2D eigenvalue weighted by Gasteiger charge is 2.39. The van der Waals surface area contributed by atoms with Crippen LogP contribution in [0.25, 0.3) is 11.1 Å². The van der Waals surface area contributed by atoms with Crippen LogP contribution in [-0.4, -0.2) is 47.8 Å². The second-order valence-corrected chi connectivity index (χ2v) is 9.18. The number of pyridine rings is 2. The normalized spacial score (nSPS) is 19.2. The highest BCUT2D eigenvalue weighted by Crippen LogP contribution is 2.40. The van der Waals surface area contributed by atoms with Gasteiger partial charge in [-0.1, -0.05) is 6.07 Å². The summed E-state index contributed by atoms with van der Waals surface area (Å²) in [5.74, 6) is -0.215. The van der Waals surface area contributed by atoms with Gasteiger partial charge in [0.2, 0.25) is 0 Å². The number of nitrogens with one attached hydrogen (secondary N) is 1. The fourth-order valence-electron chi connectivity index (χ4n) is 4.80. The number of ether oxygens (including phenoxy) is 2. The largest absolute Gasteiger partial charge is 0.443 e. The number of halogens is 3. The molecule has 4 heterocycles. The lowest BCUT2D eigenvalue weighted by molar-refractivity contribution is -0.141. The second-order valence-electron chi connectivity index (χ2n) is 9.18. The molecule has 8 nitrogen and oxygen atoms in total. The standard InChI is InChI=1S/C27H25F3N4O4/c1-3-34-24-21(19-7-9-37-14-22(19)38-26(34)36)10-17(13-32-24)20-12-18(5-4-15(20)2)33-25(35)16-6-8-31-23(11-16)27(28,29)30/h4-6,8,10-13,19,22H,3,7,9,14H2,1-2H3,(H,33,35)/t19-,22-/m1/s1. The third-order valence-electron chi connectivity index (χ3n) is 6.76. The van der Waals surface area contributed by atoms with Gasteiger partial charge in [0.05, 0.1) is 6.61 Å². The number of aryl methyl sites for hydroxylation is 1. The number of anilines is 2. The highest BCUT2D eigenvalue weighted by atomic mass is 19.4. The van der Waals surface area contributed by atoms with Gasteiger partial charge in [0.1, 0.15) is 17.6 Å². The lowest BCUT2D eigenvalue weighted by Gasteiger charge is -2.29. The molecule has 0 unspecified atom stereocenters. The molecule has 2 aliphatic rings. The topological polar surface area (TPSA) is 93.7 Å². The predicted molar refractivity (Wildman–Crippen MR) is 133 cm³/mol. The minimum Gasteiger partial charge on any atom is -0.443 e. The number of alkyl halides is 3. The summed E-state index contributed by atoms with van der Waals surface area (Å²) in [6, 6.07) is 9.17. The summed E-state index contributed by atoms with van der Waals surface area (Å²) in [5.41, 5.74) is 2.47. The van der Waals surface area contributed by atoms with Crippen molar-refractivity contribution >= 4 is 23.5 Å². The Morgan fingerprint density at radius 3 is 2.76 bits per heavy atom. The Kier molecular flexibility index (Phi) is 6.78. The van der Waals surface area contributed by atoms with Gasteiger partial charge >= 0.3 is 12.3 Å². The maximum absolute atomic E-state index is 13.0. The van der Waals surface area contributed by atoms with Crippen molar-refractivity contribution in [2.24, 2.45) is 0 Å². The Bertz CT molecular complexity index is 1390. The van der Waals surface area contributed by atoms with Crippen molar-refractivity contribution < 1.29 is 32.2 Å². The molecule has 0 saturated carbocycles. The lowest BCUT2D eigenvalue weighted by atomic mass is 9.87. The van der Waals surface area contributed by atoms with Crippen LogP contribution in [-0.2, 0) is 15.7 Å². The molecule has 2 aromatic heterocycles. The second kappa shape index (κ2) is 10.1. The summed E-state index contributed by atoms with van der Waals surface area (Å²) in [7, 11) is 0. The van der Waals surface area contributed by atoms with Gasteiger partial charge in [0.25, 0.3) is 5.91 Å². The molecule has 1 fully saturated rings. The summed E-state index contributed by atoms with van der Waals surface area (Å²) in [5, 5.41) is 2.67. The van der Waals surface area contributed by atoms with E-state index in [1.165, 1.54) is 11.0 Å². The minimum absolute atomic E-state index is 0.0792. The summed E-state index contributed by atoms with van der Waals surface area (Å²) < 4.78 is 50.3. The number of carbonyl (C=O) groups is 2. The van der Waals surface area contributed by atoms with Crippen LogP contribution in [0.15, 0.2) is 48.8 Å². The molecule has 1 N–H and O–H groups in total. The Morgan fingerprint density at radius 1 is 1.18 bits per heavy atom. The summed E-state index contributed by atoms with van der Waals surface area (Å²) >= 11 is 0. The molecule has 5 rings (SSSR count). The van der Waals surface area contributed by atoms with Crippen LogP contribution in [0.2, 0.25) is 0 Å². The van der Waals surface area contributed by atoms with E-state index in [9.17, 15) is 22.8 Å². The van der Waals surface area contributed by atoms with Crippen LogP contribution >= 0.6 is 0 Å². The number of hydrogen-bond acceptors (Lipinski definition) is 6. The number of carbonyl (C=O) groups excluding carboxylic acids is 2. The quantitative estimate of drug-likeness (QED) is 0.478. The van der Waals surface area contributed by atoms with Gasteiger partial charge in [-0.2, -0.15) is 13.2 Å². The average molecular weight is 527 g/mol. The third-order valence-corrected chi connectivity index (χ3v) is 6.76. The van der Waals surface area contributed by atoms with E-state index in [2.05, 4.69) is 15.3 Å². The molecule has 3 aromatic rings. The van der Waals surface area contributed by atoms with Crippen LogP contribution in [0.4, 0.5) is 29.5 Å². The van der Waals surface area contributed by atoms with Crippen LogP contribution in [0.5, 0.6) is 0 Å². The van der Waals surface area contributed by atoms with Gasteiger partial charge < -0.3 is 14.8 Å². The van der Waals surface area contributed by atoms with E-state index < -0.39 is 30.0 Å². The molecule has 198 valence electrons. The fourth-order valence-corrected chi connectivity index (χ4v) is 4.80. The molecule has 0 bridgehead atoms. The van der Waals surface area contributed by atoms with Gasteiger partial charge in [0, 0.05) is 53.8 Å². The van der Waals surface area contributed by atoms with Crippen molar-refractivity contribution in [1.29, 1.82) is 0 Å². The fraction of sp³-hybridized carbons (Fsp3) is 0.333. The molecule has 2 atom stereocenters. The van der Waals surface area contributed by atoms with E-state index in [1.54, 1.807) is 18.3 Å². The molecule has 38 heavy (non-hydrogen) atoms. The van der Waals surface area contributed by atoms with Crippen molar-refractivity contribution in [1.82, 2.24) is 9.97 Å². The van der Waals surface area contributed by atoms with E-state index in [1.807, 2.05) is 26.0 Å². The number of hydrogen-bond donors (Lipinski definition) is 1. The first-order valence-electron chi connectivity index (χ1n) is 12.2. The molecule has 1 saturated heterocycles. The number of nitrogens with zero attached hydrogens (tertiary/aromatic N) is 3. The van der Waals surface area contributed by atoms with Gasteiger partial charge in [-0.25, -0.2) is 9.78 Å². The van der Waals surface area contributed by atoms with E-state index in [0.29, 0.717) is 43.8 Å². The molecule has 0 radical (unpaired) electrons. The zero-order chi connectivity index (χ0) is 27.0. The first kappa shape index (κ1) is 25.7. The molecule has 1 aromatic carbocycles. The number of benzene rings is 1. The zero-order valence-corrected chi connectivity index (χ0v) is 20.7. The summed E-state index contributed by atoms with van der Waals surface area (Å²) in [6.07, 6.45) is -2.24. The maximum Gasteiger partial charge on any atom is 0.433 e. The van der Waals surface area contributed by atoms with Gasteiger partial charge in [-0.05, 0) is 61.7 Å². The average Bonchev–Trinajstić information content (AvgIpc) is 3.02. The van der Waals surface area contributed by atoms with Crippen molar-refractivity contribution in [3.8, 4) is 11.1 Å². The molecule has 0 spiro atoms. The third kappa shape index (κ3) is 4.93. The highest BCUT2D eigenvalue weighted by molar-refractivity contribution is 6.04. The van der Waals surface area contributed by atoms with Crippen LogP contribution in [0.3, 0.4) is 0 Å². The Hall–Kier alpha value is -3.99. The van der Waals surface area contributed by atoms with Crippen molar-refractivity contribution in [3.05, 3.63) is 71.2 Å². The Balaban J connectivity index is 1.48. The first-order chi connectivity index (χ1) is 18.2. The summed E-state index contributed by atoms with van der Waals surface area (Å²) in [6.45, 7) is 5.00.